The number of pyridine rings is 1. The number of hydrogen-bond acceptors (Lipinski definition) is 4. The minimum absolute atomic E-state index is 0.156. The van der Waals surface area contributed by atoms with Gasteiger partial charge in [-0.1, -0.05) is 0 Å². The van der Waals surface area contributed by atoms with Crippen molar-refractivity contribution in [1.29, 1.82) is 5.26 Å². The first-order valence-electron chi connectivity index (χ1n) is 3.58. The fraction of sp³-hybridized carbons (Fsp3) is 0.125. The Morgan fingerprint density at radius 1 is 1.53 bits per heavy atom. The number of hydrogen-bond donors (Lipinski definition) is 0. The van der Waals surface area contributed by atoms with Gasteiger partial charge in [-0.15, -0.1) is 13.2 Å². The summed E-state index contributed by atoms with van der Waals surface area (Å²) in [4.78, 5) is 13.7. The summed E-state index contributed by atoms with van der Waals surface area (Å²) in [6.07, 6.45) is -3.76. The molecule has 0 fully saturated rings. The zero-order valence-electron chi connectivity index (χ0n) is 7.08. The average molecular weight is 216 g/mol. The second-order valence-electron chi connectivity index (χ2n) is 2.36. The van der Waals surface area contributed by atoms with E-state index in [0.717, 1.165) is 12.3 Å². The number of nitrogens with zero attached hydrogens (tertiary/aromatic N) is 2. The van der Waals surface area contributed by atoms with E-state index >= 15 is 0 Å². The maximum atomic E-state index is 11.9. The summed E-state index contributed by atoms with van der Waals surface area (Å²) in [5, 5.41) is 8.46. The first-order valence-corrected chi connectivity index (χ1v) is 3.58. The van der Waals surface area contributed by atoms with E-state index < -0.39 is 17.8 Å². The molecule has 0 N–H and O–H groups in total. The van der Waals surface area contributed by atoms with Crippen LogP contribution in [-0.2, 0) is 0 Å². The number of aldehydes is 1. The summed E-state index contributed by atoms with van der Waals surface area (Å²) >= 11 is 0. The lowest BCUT2D eigenvalue weighted by Crippen LogP contribution is -2.19. The van der Waals surface area contributed by atoms with Gasteiger partial charge < -0.3 is 4.74 Å². The third-order valence-electron chi connectivity index (χ3n) is 1.39. The Kier molecular flexibility index (Phi) is 2.90. The van der Waals surface area contributed by atoms with E-state index in [1.54, 1.807) is 0 Å². The molecule has 0 bridgehead atoms. The molecule has 1 aromatic rings. The highest BCUT2D eigenvalue weighted by Gasteiger charge is 2.33. The van der Waals surface area contributed by atoms with Crippen LogP contribution >= 0.6 is 0 Å². The largest absolute Gasteiger partial charge is 0.573 e. The van der Waals surface area contributed by atoms with Gasteiger partial charge >= 0.3 is 6.36 Å². The van der Waals surface area contributed by atoms with Crippen molar-refractivity contribution in [3.63, 3.8) is 0 Å². The highest BCUT2D eigenvalue weighted by Crippen LogP contribution is 2.27. The predicted molar refractivity (Wildman–Crippen MR) is 41.0 cm³/mol. The Balaban J connectivity index is 3.24. The molecule has 1 aromatic heterocycles. The molecule has 1 heterocycles. The molecule has 0 aromatic carbocycles. The lowest BCUT2D eigenvalue weighted by Gasteiger charge is -2.10. The van der Waals surface area contributed by atoms with Crippen molar-refractivity contribution >= 4 is 6.29 Å². The van der Waals surface area contributed by atoms with Crippen molar-refractivity contribution < 1.29 is 22.7 Å². The lowest BCUT2D eigenvalue weighted by molar-refractivity contribution is -0.274. The Morgan fingerprint density at radius 3 is 2.67 bits per heavy atom. The molecule has 0 saturated carbocycles. The van der Waals surface area contributed by atoms with Crippen LogP contribution in [0, 0.1) is 11.3 Å². The van der Waals surface area contributed by atoms with Crippen molar-refractivity contribution in [2.24, 2.45) is 0 Å². The lowest BCUT2D eigenvalue weighted by atomic mass is 10.2. The highest BCUT2D eigenvalue weighted by atomic mass is 19.4. The molecular weight excluding hydrogens is 213 g/mol. The van der Waals surface area contributed by atoms with Crippen LogP contribution in [0.25, 0.3) is 0 Å². The van der Waals surface area contributed by atoms with Crippen LogP contribution in [0.2, 0.25) is 0 Å². The highest BCUT2D eigenvalue weighted by molar-refractivity contribution is 5.80. The van der Waals surface area contributed by atoms with Crippen molar-refractivity contribution in [3.8, 4) is 11.8 Å². The van der Waals surface area contributed by atoms with Gasteiger partial charge in [-0.05, 0) is 6.07 Å². The van der Waals surface area contributed by atoms with Crippen LogP contribution in [0.1, 0.15) is 16.1 Å². The first-order chi connectivity index (χ1) is 6.98. The normalized spacial score (nSPS) is 10.5. The van der Waals surface area contributed by atoms with Crippen LogP contribution in [0.15, 0.2) is 12.3 Å². The molecular formula is C8H3F3N2O2. The molecule has 4 nitrogen and oxygen atoms in total. The standard InChI is InChI=1S/C8H3F3N2O2/c9-8(10,11)15-7-5(4-14)1-2-13-6(7)3-12/h1-2,4H. The Morgan fingerprint density at radius 2 is 2.20 bits per heavy atom. The minimum atomic E-state index is -4.97. The number of ether oxygens (including phenoxy) is 1. The van der Waals surface area contributed by atoms with Gasteiger partial charge in [0.15, 0.2) is 17.7 Å². The maximum Gasteiger partial charge on any atom is 0.573 e. The van der Waals surface area contributed by atoms with E-state index in [1.807, 2.05) is 0 Å². The van der Waals surface area contributed by atoms with E-state index in [-0.39, 0.29) is 11.8 Å². The van der Waals surface area contributed by atoms with E-state index in [2.05, 4.69) is 9.72 Å². The van der Waals surface area contributed by atoms with Crippen LogP contribution in [0.5, 0.6) is 5.75 Å². The van der Waals surface area contributed by atoms with E-state index in [4.69, 9.17) is 5.26 Å². The quantitative estimate of drug-likeness (QED) is 0.705. The summed E-state index contributed by atoms with van der Waals surface area (Å²) in [7, 11) is 0. The van der Waals surface area contributed by atoms with Gasteiger partial charge in [-0.2, -0.15) is 5.26 Å². The topological polar surface area (TPSA) is 63.0 Å². The van der Waals surface area contributed by atoms with Crippen molar-refractivity contribution in [1.82, 2.24) is 4.98 Å². The second-order valence-corrected chi connectivity index (χ2v) is 2.36. The predicted octanol–water partition coefficient (Wildman–Crippen LogP) is 1.66. The van der Waals surface area contributed by atoms with Crippen LogP contribution in [0.4, 0.5) is 13.2 Å². The van der Waals surface area contributed by atoms with Gasteiger partial charge in [0.05, 0.1) is 5.56 Å². The third kappa shape index (κ3) is 2.67. The number of nitriles is 1. The van der Waals surface area contributed by atoms with Gasteiger partial charge in [0.25, 0.3) is 0 Å². The Labute approximate surface area is 81.9 Å². The summed E-state index contributed by atoms with van der Waals surface area (Å²) in [5.41, 5.74) is -0.962. The van der Waals surface area contributed by atoms with Gasteiger partial charge in [0.1, 0.15) is 6.07 Å². The molecule has 0 aliphatic carbocycles. The van der Waals surface area contributed by atoms with Crippen molar-refractivity contribution in [3.05, 3.63) is 23.5 Å². The maximum absolute atomic E-state index is 11.9. The molecule has 0 radical (unpaired) electrons. The van der Waals surface area contributed by atoms with E-state index in [0.29, 0.717) is 0 Å². The number of carbonyl (C=O) groups excluding carboxylic acids is 1. The zero-order chi connectivity index (χ0) is 11.5. The molecule has 0 atom stereocenters. The first kappa shape index (κ1) is 11.0. The molecule has 0 saturated heterocycles. The fourth-order valence-corrected chi connectivity index (χ4v) is 0.859. The Hall–Kier alpha value is -2.10. The molecule has 7 heteroatoms. The van der Waals surface area contributed by atoms with Crippen LogP contribution in [-0.4, -0.2) is 17.6 Å². The van der Waals surface area contributed by atoms with Gasteiger partial charge in [-0.3, -0.25) is 4.79 Å². The summed E-state index contributed by atoms with van der Waals surface area (Å²) in [6, 6.07) is 2.42. The molecule has 0 unspecified atom stereocenters. The fourth-order valence-electron chi connectivity index (χ4n) is 0.859. The summed E-state index contributed by atoms with van der Waals surface area (Å²) in [6.45, 7) is 0. The molecule has 1 rings (SSSR count). The molecule has 15 heavy (non-hydrogen) atoms. The molecule has 0 aliphatic rings. The number of carbonyl (C=O) groups is 1. The van der Waals surface area contributed by atoms with E-state index in [1.165, 1.54) is 6.07 Å². The molecule has 0 aliphatic heterocycles. The minimum Gasteiger partial charge on any atom is -0.402 e. The molecule has 78 valence electrons. The second kappa shape index (κ2) is 3.96. The van der Waals surface area contributed by atoms with Crippen LogP contribution < -0.4 is 4.74 Å². The van der Waals surface area contributed by atoms with Gasteiger partial charge in [-0.25, -0.2) is 4.98 Å². The Bertz CT molecular complexity index is 423. The number of aromatic nitrogens is 1. The smallest absolute Gasteiger partial charge is 0.402 e. The molecule has 0 amide bonds. The van der Waals surface area contributed by atoms with Crippen LogP contribution in [0.3, 0.4) is 0 Å². The van der Waals surface area contributed by atoms with Crippen molar-refractivity contribution in [2.75, 3.05) is 0 Å². The number of halogens is 3. The number of alkyl halides is 3. The summed E-state index contributed by atoms with van der Waals surface area (Å²) in [5.74, 6) is -0.873. The SMILES string of the molecule is N#Cc1nccc(C=O)c1OC(F)(F)F. The summed E-state index contributed by atoms with van der Waals surface area (Å²) < 4.78 is 39.2. The van der Waals surface area contributed by atoms with Gasteiger partial charge in [0, 0.05) is 6.20 Å². The zero-order valence-corrected chi connectivity index (χ0v) is 7.08. The monoisotopic (exact) mass is 216 g/mol. The average Bonchev–Trinajstić information content (AvgIpc) is 2.16. The van der Waals surface area contributed by atoms with Crippen molar-refractivity contribution in [2.45, 2.75) is 6.36 Å². The third-order valence-corrected chi connectivity index (χ3v) is 1.39. The molecule has 0 spiro atoms. The van der Waals surface area contributed by atoms with E-state index in [9.17, 15) is 18.0 Å². The van der Waals surface area contributed by atoms with Gasteiger partial charge in [0.2, 0.25) is 0 Å². The number of rotatable bonds is 2.